The fourth-order valence-electron chi connectivity index (χ4n) is 1.40. The van der Waals surface area contributed by atoms with Crippen LogP contribution in [-0.2, 0) is 50.4 Å². The fourth-order valence-corrected chi connectivity index (χ4v) is 4.92. The Bertz CT molecular complexity index is 259. The molecule has 152 valence electrons. The van der Waals surface area contributed by atoms with Crippen molar-refractivity contribution in [1.29, 1.82) is 0 Å². The molecule has 0 aromatic heterocycles. The van der Waals surface area contributed by atoms with Gasteiger partial charge in [-0.2, -0.15) is 0 Å². The molecular formula is C16H36O8Ti. The third-order valence-electron chi connectivity index (χ3n) is 3.59. The summed E-state index contributed by atoms with van der Waals surface area (Å²) in [5.41, 5.74) is 0. The van der Waals surface area contributed by atoms with E-state index in [4.69, 9.17) is 32.2 Å². The second-order valence-corrected chi connectivity index (χ2v) is 9.29. The Balaban J connectivity index is 5.11. The monoisotopic (exact) mass is 404 g/mol. The van der Waals surface area contributed by atoms with E-state index in [1.165, 1.54) is 0 Å². The van der Waals surface area contributed by atoms with Crippen LogP contribution in [-0.4, -0.2) is 79.3 Å². The van der Waals surface area contributed by atoms with Crippen LogP contribution < -0.4 is 0 Å². The Labute approximate surface area is 157 Å². The van der Waals surface area contributed by atoms with Gasteiger partial charge in [0.1, 0.15) is 0 Å². The van der Waals surface area contributed by atoms with Crippen molar-refractivity contribution in [3.8, 4) is 0 Å². The first-order valence-corrected chi connectivity index (χ1v) is 11.0. The quantitative estimate of drug-likeness (QED) is 0.362. The van der Waals surface area contributed by atoms with Crippen molar-refractivity contribution >= 4 is 0 Å². The van der Waals surface area contributed by atoms with Gasteiger partial charge >= 0.3 is 157 Å². The molecule has 0 saturated heterocycles. The first-order valence-electron chi connectivity index (χ1n) is 8.49. The summed E-state index contributed by atoms with van der Waals surface area (Å²) >= 11 is -4.04. The van der Waals surface area contributed by atoms with E-state index in [1.807, 2.05) is 27.7 Å². The minimum atomic E-state index is -4.04. The molecule has 4 atom stereocenters. The zero-order chi connectivity index (χ0) is 19.3. The molecule has 9 heteroatoms. The summed E-state index contributed by atoms with van der Waals surface area (Å²) in [6, 6.07) is 0. The van der Waals surface area contributed by atoms with E-state index in [2.05, 4.69) is 0 Å². The number of methoxy groups -OCH3 is 4. The summed E-state index contributed by atoms with van der Waals surface area (Å²) in [6.45, 7) is 8.84. The van der Waals surface area contributed by atoms with E-state index in [1.54, 1.807) is 28.4 Å². The number of rotatable bonds is 16. The Morgan fingerprint density at radius 3 is 0.840 bits per heavy atom. The summed E-state index contributed by atoms with van der Waals surface area (Å²) in [7, 11) is 6.49. The zero-order valence-electron chi connectivity index (χ0n) is 16.9. The maximum atomic E-state index is 6.00. The molecular weight excluding hydrogens is 368 g/mol. The van der Waals surface area contributed by atoms with Gasteiger partial charge in [0.25, 0.3) is 0 Å². The van der Waals surface area contributed by atoms with Crippen molar-refractivity contribution in [3.63, 3.8) is 0 Å². The predicted molar refractivity (Wildman–Crippen MR) is 89.7 cm³/mol. The van der Waals surface area contributed by atoms with Crippen LogP contribution in [0.5, 0.6) is 0 Å². The average Bonchev–Trinajstić information content (AvgIpc) is 2.65. The molecule has 0 amide bonds. The minimum absolute atomic E-state index is 0.111. The van der Waals surface area contributed by atoms with Crippen LogP contribution >= 0.6 is 0 Å². The van der Waals surface area contributed by atoms with E-state index in [9.17, 15) is 0 Å². The Morgan fingerprint density at radius 2 is 0.680 bits per heavy atom. The summed E-state index contributed by atoms with van der Waals surface area (Å²) in [5, 5.41) is 0. The van der Waals surface area contributed by atoms with Gasteiger partial charge in [-0.15, -0.1) is 0 Å². The molecule has 0 radical (unpaired) electrons. The molecule has 0 aliphatic heterocycles. The van der Waals surface area contributed by atoms with E-state index < -0.39 is 18.1 Å². The van der Waals surface area contributed by atoms with E-state index in [-0.39, 0.29) is 24.4 Å². The standard InChI is InChI=1S/4C4H9O2.Ti/c4*1-4(3-5)6-2;/h4*4H,3H2,1-2H3;/q4*-1;+4. The van der Waals surface area contributed by atoms with Crippen LogP contribution in [0.2, 0.25) is 0 Å². The molecule has 4 unspecified atom stereocenters. The molecule has 8 nitrogen and oxygen atoms in total. The Hall–Kier alpha value is 0.394. The van der Waals surface area contributed by atoms with Crippen molar-refractivity contribution in [1.82, 2.24) is 0 Å². The molecule has 0 N–H and O–H groups in total. The second kappa shape index (κ2) is 14.5. The Kier molecular flexibility index (Phi) is 14.7. The molecule has 0 aliphatic rings. The fraction of sp³-hybridized carbons (Fsp3) is 1.00. The zero-order valence-corrected chi connectivity index (χ0v) is 18.5. The van der Waals surface area contributed by atoms with Gasteiger partial charge < -0.3 is 0 Å². The molecule has 0 saturated carbocycles. The first kappa shape index (κ1) is 25.4. The van der Waals surface area contributed by atoms with Gasteiger partial charge in [-0.1, -0.05) is 0 Å². The predicted octanol–water partition coefficient (Wildman–Crippen LogP) is 2.01. The van der Waals surface area contributed by atoms with Crippen LogP contribution in [0.3, 0.4) is 0 Å². The van der Waals surface area contributed by atoms with Crippen LogP contribution in [0.25, 0.3) is 0 Å². The van der Waals surface area contributed by atoms with Crippen molar-refractivity contribution in [2.24, 2.45) is 0 Å². The number of hydrogen-bond donors (Lipinski definition) is 0. The SMILES string of the molecule is COC(C)C[O][Ti]([O]CC(C)OC)([O]CC(C)OC)[O]CC(C)OC. The first-order chi connectivity index (χ1) is 11.8. The van der Waals surface area contributed by atoms with Crippen molar-refractivity contribution in [2.45, 2.75) is 52.1 Å². The second-order valence-electron chi connectivity index (χ2n) is 5.93. The van der Waals surface area contributed by atoms with Gasteiger partial charge in [-0.25, -0.2) is 0 Å². The average molecular weight is 404 g/mol. The van der Waals surface area contributed by atoms with Gasteiger partial charge in [-0.05, 0) is 0 Å². The van der Waals surface area contributed by atoms with Crippen LogP contribution in [0.15, 0.2) is 0 Å². The van der Waals surface area contributed by atoms with Crippen molar-refractivity contribution in [3.05, 3.63) is 0 Å². The van der Waals surface area contributed by atoms with Crippen molar-refractivity contribution < 1.29 is 50.4 Å². The normalized spacial score (nSPS) is 19.2. The van der Waals surface area contributed by atoms with E-state index in [0.29, 0.717) is 26.4 Å². The summed E-state index contributed by atoms with van der Waals surface area (Å²) in [4.78, 5) is 0. The van der Waals surface area contributed by atoms with E-state index in [0.717, 1.165) is 0 Å². The maximum absolute atomic E-state index is 6.00. The molecule has 25 heavy (non-hydrogen) atoms. The summed E-state index contributed by atoms with van der Waals surface area (Å²) < 4.78 is 45.0. The van der Waals surface area contributed by atoms with Crippen LogP contribution in [0.4, 0.5) is 0 Å². The summed E-state index contributed by atoms with van der Waals surface area (Å²) in [6.07, 6.45) is -0.443. The summed E-state index contributed by atoms with van der Waals surface area (Å²) in [5.74, 6) is 0. The molecule has 0 rings (SSSR count). The van der Waals surface area contributed by atoms with Gasteiger partial charge in [0, 0.05) is 0 Å². The molecule has 0 spiro atoms. The third-order valence-corrected chi connectivity index (χ3v) is 6.84. The molecule has 0 aromatic carbocycles. The van der Waals surface area contributed by atoms with Gasteiger partial charge in [0.15, 0.2) is 0 Å². The number of ether oxygens (including phenoxy) is 4. The third kappa shape index (κ3) is 11.7. The van der Waals surface area contributed by atoms with Crippen molar-refractivity contribution in [2.75, 3.05) is 54.9 Å². The molecule has 0 heterocycles. The molecule has 0 fully saturated rings. The van der Waals surface area contributed by atoms with Crippen LogP contribution in [0.1, 0.15) is 27.7 Å². The molecule has 0 bridgehead atoms. The van der Waals surface area contributed by atoms with E-state index >= 15 is 0 Å². The number of hydrogen-bond acceptors (Lipinski definition) is 8. The van der Waals surface area contributed by atoms with Gasteiger partial charge in [-0.3, -0.25) is 0 Å². The topological polar surface area (TPSA) is 73.8 Å². The van der Waals surface area contributed by atoms with Crippen LogP contribution in [0, 0.1) is 0 Å². The van der Waals surface area contributed by atoms with Gasteiger partial charge in [0.05, 0.1) is 0 Å². The molecule has 0 aromatic rings. The Morgan fingerprint density at radius 1 is 0.480 bits per heavy atom. The van der Waals surface area contributed by atoms with Gasteiger partial charge in [0.2, 0.25) is 0 Å². The molecule has 0 aliphatic carbocycles.